The van der Waals surface area contributed by atoms with Crippen LogP contribution in [0.1, 0.15) is 41.1 Å². The standard InChI is InChI=1S/C24H22N2O/c1-2-26-23(18-13-7-4-8-14-18)20-16-10-9-15-19(20)21-22(25-27-24(21)26)17-11-5-3-6-12-17/h3-16,21,23-24H,2H2,1H3/t21-,23+,24+/m1/s1. The van der Waals surface area contributed by atoms with Crippen molar-refractivity contribution in [1.29, 1.82) is 0 Å². The summed E-state index contributed by atoms with van der Waals surface area (Å²) in [6.07, 6.45) is -0.0784. The lowest BCUT2D eigenvalue weighted by Gasteiger charge is -2.43. The summed E-state index contributed by atoms with van der Waals surface area (Å²) >= 11 is 0. The Morgan fingerprint density at radius 3 is 2.15 bits per heavy atom. The van der Waals surface area contributed by atoms with Crippen molar-refractivity contribution in [2.45, 2.75) is 25.1 Å². The second-order valence-electron chi connectivity index (χ2n) is 7.09. The van der Waals surface area contributed by atoms with Crippen LogP contribution in [-0.4, -0.2) is 23.4 Å². The quantitative estimate of drug-likeness (QED) is 0.664. The Bertz CT molecular complexity index is 968. The fourth-order valence-corrected chi connectivity index (χ4v) is 4.50. The van der Waals surface area contributed by atoms with Gasteiger partial charge in [-0.1, -0.05) is 97.0 Å². The third-order valence-corrected chi connectivity index (χ3v) is 5.67. The highest BCUT2D eigenvalue weighted by Gasteiger charge is 2.47. The van der Waals surface area contributed by atoms with E-state index in [0.717, 1.165) is 17.8 Å². The number of fused-ring (bicyclic) bond motifs is 3. The van der Waals surface area contributed by atoms with Gasteiger partial charge in [0.1, 0.15) is 0 Å². The smallest absolute Gasteiger partial charge is 0.194 e. The molecule has 0 aliphatic carbocycles. The van der Waals surface area contributed by atoms with Crippen LogP contribution in [0.15, 0.2) is 90.1 Å². The second kappa shape index (κ2) is 6.67. The van der Waals surface area contributed by atoms with Crippen molar-refractivity contribution < 1.29 is 4.84 Å². The lowest BCUT2D eigenvalue weighted by atomic mass is 9.78. The molecular weight excluding hydrogens is 332 g/mol. The van der Waals surface area contributed by atoms with Gasteiger partial charge in [0.25, 0.3) is 0 Å². The van der Waals surface area contributed by atoms with Crippen molar-refractivity contribution in [3.8, 4) is 0 Å². The van der Waals surface area contributed by atoms with E-state index in [4.69, 9.17) is 4.84 Å². The van der Waals surface area contributed by atoms with Gasteiger partial charge < -0.3 is 4.84 Å². The van der Waals surface area contributed by atoms with E-state index in [1.807, 2.05) is 6.07 Å². The average Bonchev–Trinajstić information content (AvgIpc) is 3.19. The normalized spacial score (nSPS) is 23.9. The maximum Gasteiger partial charge on any atom is 0.194 e. The van der Waals surface area contributed by atoms with Gasteiger partial charge in [-0.2, -0.15) is 0 Å². The van der Waals surface area contributed by atoms with Crippen LogP contribution in [0.25, 0.3) is 0 Å². The zero-order chi connectivity index (χ0) is 18.2. The Balaban J connectivity index is 1.67. The fourth-order valence-electron chi connectivity index (χ4n) is 4.50. The van der Waals surface area contributed by atoms with Crippen LogP contribution in [0, 0.1) is 0 Å². The molecule has 134 valence electrons. The Labute approximate surface area is 159 Å². The van der Waals surface area contributed by atoms with Gasteiger partial charge in [0, 0.05) is 5.56 Å². The molecule has 2 aliphatic rings. The van der Waals surface area contributed by atoms with Crippen molar-refractivity contribution in [2.75, 3.05) is 6.54 Å². The van der Waals surface area contributed by atoms with Crippen molar-refractivity contribution in [3.05, 3.63) is 107 Å². The number of nitrogens with zero attached hydrogens (tertiary/aromatic N) is 2. The van der Waals surface area contributed by atoms with Crippen LogP contribution in [0.4, 0.5) is 0 Å². The molecule has 0 aromatic heterocycles. The van der Waals surface area contributed by atoms with Crippen LogP contribution in [-0.2, 0) is 4.84 Å². The Kier molecular flexibility index (Phi) is 4.02. The molecular formula is C24H22N2O. The number of oxime groups is 1. The van der Waals surface area contributed by atoms with E-state index in [0.29, 0.717) is 0 Å². The molecule has 2 aliphatic heterocycles. The zero-order valence-electron chi connectivity index (χ0n) is 15.3. The van der Waals surface area contributed by atoms with Gasteiger partial charge in [0.05, 0.1) is 17.7 Å². The second-order valence-corrected chi connectivity index (χ2v) is 7.09. The van der Waals surface area contributed by atoms with E-state index in [9.17, 15) is 0 Å². The molecule has 0 N–H and O–H groups in total. The highest BCUT2D eigenvalue weighted by molar-refractivity contribution is 6.06. The molecule has 0 fully saturated rings. The van der Waals surface area contributed by atoms with E-state index in [1.165, 1.54) is 16.7 Å². The minimum atomic E-state index is -0.0784. The molecule has 3 atom stereocenters. The van der Waals surface area contributed by atoms with Crippen LogP contribution in [0.2, 0.25) is 0 Å². The minimum Gasteiger partial charge on any atom is -0.375 e. The SMILES string of the molecule is CCN1[C@@H](c2ccccc2)c2ccccc2[C@@H]2C(c3ccccc3)=NO[C@@H]21. The van der Waals surface area contributed by atoms with Gasteiger partial charge in [-0.05, 0) is 23.2 Å². The number of hydrogen-bond acceptors (Lipinski definition) is 3. The summed E-state index contributed by atoms with van der Waals surface area (Å²) in [4.78, 5) is 8.48. The van der Waals surface area contributed by atoms with Crippen molar-refractivity contribution >= 4 is 5.71 Å². The zero-order valence-corrected chi connectivity index (χ0v) is 15.3. The summed E-state index contributed by atoms with van der Waals surface area (Å²) in [7, 11) is 0. The molecule has 3 heteroatoms. The third-order valence-electron chi connectivity index (χ3n) is 5.67. The van der Waals surface area contributed by atoms with Crippen LogP contribution in [0.5, 0.6) is 0 Å². The Morgan fingerprint density at radius 2 is 1.44 bits per heavy atom. The highest BCUT2D eigenvalue weighted by atomic mass is 16.7. The Hall–Kier alpha value is -2.91. The molecule has 0 radical (unpaired) electrons. The Morgan fingerprint density at radius 1 is 0.815 bits per heavy atom. The van der Waals surface area contributed by atoms with Gasteiger partial charge >= 0.3 is 0 Å². The lowest BCUT2D eigenvalue weighted by Crippen LogP contribution is -2.47. The van der Waals surface area contributed by atoms with Crippen molar-refractivity contribution in [3.63, 3.8) is 0 Å². The largest absolute Gasteiger partial charge is 0.375 e. The highest BCUT2D eigenvalue weighted by Crippen LogP contribution is 2.47. The molecule has 0 amide bonds. The van der Waals surface area contributed by atoms with Crippen LogP contribution in [0.3, 0.4) is 0 Å². The first kappa shape index (κ1) is 16.3. The van der Waals surface area contributed by atoms with Gasteiger partial charge in [-0.25, -0.2) is 0 Å². The molecule has 0 saturated heterocycles. The van der Waals surface area contributed by atoms with Crippen LogP contribution < -0.4 is 0 Å². The van der Waals surface area contributed by atoms with Gasteiger partial charge in [0.2, 0.25) is 0 Å². The summed E-state index contributed by atoms with van der Waals surface area (Å²) < 4.78 is 0. The molecule has 0 spiro atoms. The number of rotatable bonds is 3. The fraction of sp³-hybridized carbons (Fsp3) is 0.208. The molecule has 2 heterocycles. The first-order chi connectivity index (χ1) is 13.4. The monoisotopic (exact) mass is 354 g/mol. The number of hydrogen-bond donors (Lipinski definition) is 0. The first-order valence-corrected chi connectivity index (χ1v) is 9.57. The molecule has 27 heavy (non-hydrogen) atoms. The molecule has 3 aromatic carbocycles. The third kappa shape index (κ3) is 2.58. The molecule has 0 unspecified atom stereocenters. The molecule has 5 rings (SSSR count). The van der Waals surface area contributed by atoms with E-state index in [2.05, 4.69) is 95.8 Å². The van der Waals surface area contributed by atoms with E-state index < -0.39 is 0 Å². The maximum absolute atomic E-state index is 6.05. The number of likely N-dealkylation sites (N-methyl/N-ethyl adjacent to an activating group) is 1. The van der Waals surface area contributed by atoms with Crippen molar-refractivity contribution in [1.82, 2.24) is 4.90 Å². The predicted molar refractivity (Wildman–Crippen MR) is 108 cm³/mol. The molecule has 3 aromatic rings. The van der Waals surface area contributed by atoms with Crippen LogP contribution >= 0.6 is 0 Å². The molecule has 3 nitrogen and oxygen atoms in total. The number of benzene rings is 3. The summed E-state index contributed by atoms with van der Waals surface area (Å²) in [5.74, 6) is 0.128. The summed E-state index contributed by atoms with van der Waals surface area (Å²) in [5.41, 5.74) is 6.12. The lowest BCUT2D eigenvalue weighted by molar-refractivity contribution is -0.0656. The summed E-state index contributed by atoms with van der Waals surface area (Å²) in [6, 6.07) is 30.0. The van der Waals surface area contributed by atoms with E-state index in [-0.39, 0.29) is 18.2 Å². The molecule has 0 bridgehead atoms. The summed E-state index contributed by atoms with van der Waals surface area (Å²) in [5, 5.41) is 4.55. The van der Waals surface area contributed by atoms with Gasteiger partial charge in [-0.3, -0.25) is 4.90 Å². The average molecular weight is 354 g/mol. The minimum absolute atomic E-state index is 0.0784. The predicted octanol–water partition coefficient (Wildman–Crippen LogP) is 4.96. The van der Waals surface area contributed by atoms with Gasteiger partial charge in [-0.15, -0.1) is 0 Å². The van der Waals surface area contributed by atoms with E-state index >= 15 is 0 Å². The maximum atomic E-state index is 6.05. The first-order valence-electron chi connectivity index (χ1n) is 9.57. The van der Waals surface area contributed by atoms with Gasteiger partial charge in [0.15, 0.2) is 6.23 Å². The summed E-state index contributed by atoms with van der Waals surface area (Å²) in [6.45, 7) is 3.09. The van der Waals surface area contributed by atoms with E-state index in [1.54, 1.807) is 0 Å². The van der Waals surface area contributed by atoms with Crippen molar-refractivity contribution in [2.24, 2.45) is 5.16 Å². The molecule has 0 saturated carbocycles. The topological polar surface area (TPSA) is 24.8 Å².